The summed E-state index contributed by atoms with van der Waals surface area (Å²) >= 11 is 0. The Bertz CT molecular complexity index is 804. The molecular weight excluding hydrogens is 340 g/mol. The third-order valence-electron chi connectivity index (χ3n) is 6.02. The quantitative estimate of drug-likeness (QED) is 0.879. The molecule has 0 radical (unpaired) electrons. The van der Waals surface area contributed by atoms with Gasteiger partial charge in [0.05, 0.1) is 5.41 Å². The minimum atomic E-state index is -0.162. The van der Waals surface area contributed by atoms with Gasteiger partial charge < -0.3 is 9.84 Å². The highest BCUT2D eigenvalue weighted by Crippen LogP contribution is 2.50. The van der Waals surface area contributed by atoms with Crippen LogP contribution in [0.2, 0.25) is 0 Å². The van der Waals surface area contributed by atoms with Crippen LogP contribution in [0.3, 0.4) is 0 Å². The Morgan fingerprint density at radius 2 is 2.15 bits per heavy atom. The topological polar surface area (TPSA) is 71.3 Å². The Balaban J connectivity index is 1.55. The summed E-state index contributed by atoms with van der Waals surface area (Å²) in [5, 5.41) is 7.27. The van der Waals surface area contributed by atoms with Gasteiger partial charge in [0, 0.05) is 31.6 Å². The van der Waals surface area contributed by atoms with Crippen molar-refractivity contribution in [2.45, 2.75) is 51.6 Å². The number of carbonyl (C=O) groups excluding carboxylic acids is 1. The highest BCUT2D eigenvalue weighted by molar-refractivity contribution is 5.78. The number of aromatic nitrogens is 2. The van der Waals surface area contributed by atoms with Crippen molar-refractivity contribution in [1.29, 1.82) is 0 Å². The third-order valence-corrected chi connectivity index (χ3v) is 6.02. The molecule has 1 aliphatic carbocycles. The summed E-state index contributed by atoms with van der Waals surface area (Å²) in [5.41, 5.74) is 1.16. The second kappa shape index (κ2) is 7.08. The van der Waals surface area contributed by atoms with E-state index in [2.05, 4.69) is 44.6 Å². The van der Waals surface area contributed by atoms with E-state index in [-0.39, 0.29) is 23.3 Å². The molecule has 3 unspecified atom stereocenters. The number of benzene rings is 1. The summed E-state index contributed by atoms with van der Waals surface area (Å²) < 4.78 is 5.65. The minimum absolute atomic E-state index is 0.00150. The van der Waals surface area contributed by atoms with E-state index < -0.39 is 0 Å². The van der Waals surface area contributed by atoms with Gasteiger partial charge in [-0.25, -0.2) is 0 Å². The Labute approximate surface area is 160 Å². The first-order valence-electron chi connectivity index (χ1n) is 9.84. The monoisotopic (exact) mass is 368 g/mol. The fourth-order valence-electron chi connectivity index (χ4n) is 4.75. The molecule has 2 aromatic rings. The maximum Gasteiger partial charge on any atom is 0.234 e. The molecule has 0 spiro atoms. The summed E-state index contributed by atoms with van der Waals surface area (Å²) in [6.45, 7) is 8.54. The predicted molar refractivity (Wildman–Crippen MR) is 102 cm³/mol. The molecule has 1 saturated heterocycles. The maximum absolute atomic E-state index is 12.2. The molecular formula is C21H28N4O2. The van der Waals surface area contributed by atoms with Gasteiger partial charge in [-0.3, -0.25) is 9.69 Å². The van der Waals surface area contributed by atoms with E-state index in [9.17, 15) is 4.79 Å². The lowest BCUT2D eigenvalue weighted by atomic mass is 9.80. The first kappa shape index (κ1) is 18.2. The van der Waals surface area contributed by atoms with E-state index >= 15 is 0 Å². The molecule has 27 heavy (non-hydrogen) atoms. The summed E-state index contributed by atoms with van der Waals surface area (Å²) in [4.78, 5) is 19.3. The number of nitrogens with one attached hydrogen (secondary N) is 1. The van der Waals surface area contributed by atoms with Gasteiger partial charge in [-0.05, 0) is 31.2 Å². The second-order valence-electron chi connectivity index (χ2n) is 8.46. The fourth-order valence-corrected chi connectivity index (χ4v) is 4.75. The molecule has 1 saturated carbocycles. The number of carbonyl (C=O) groups is 1. The van der Waals surface area contributed by atoms with E-state index in [1.54, 1.807) is 0 Å². The van der Waals surface area contributed by atoms with Gasteiger partial charge in [0.2, 0.25) is 11.8 Å². The fraction of sp³-hybridized carbons (Fsp3) is 0.571. The smallest absolute Gasteiger partial charge is 0.234 e. The van der Waals surface area contributed by atoms with Crippen LogP contribution in [0.5, 0.6) is 0 Å². The van der Waals surface area contributed by atoms with E-state index in [4.69, 9.17) is 4.52 Å². The first-order valence-corrected chi connectivity index (χ1v) is 9.84. The number of aryl methyl sites for hydroxylation is 1. The molecule has 2 aliphatic rings. The van der Waals surface area contributed by atoms with Gasteiger partial charge in [-0.15, -0.1) is 0 Å². The van der Waals surface area contributed by atoms with Crippen molar-refractivity contribution >= 4 is 5.91 Å². The Morgan fingerprint density at radius 1 is 1.37 bits per heavy atom. The van der Waals surface area contributed by atoms with Gasteiger partial charge >= 0.3 is 0 Å². The maximum atomic E-state index is 12.2. The molecule has 0 bridgehead atoms. The molecule has 4 rings (SSSR count). The molecule has 1 N–H and O–H groups in total. The van der Waals surface area contributed by atoms with Crippen LogP contribution in [0.15, 0.2) is 34.9 Å². The van der Waals surface area contributed by atoms with Crippen LogP contribution in [0.4, 0.5) is 0 Å². The zero-order valence-corrected chi connectivity index (χ0v) is 16.3. The van der Waals surface area contributed by atoms with Gasteiger partial charge in [0.25, 0.3) is 0 Å². The number of likely N-dealkylation sites (tertiary alicyclic amines) is 1. The standard InChI is InChI=1S/C21H28N4O2/c1-14(2)19(26)23-18-9-17-12-25(11-16-7-5-4-6-8-16)13-21(17,10-18)20-22-15(3)24-27-20/h4-8,14,17-18H,9-13H2,1-3H3,(H,23,26). The van der Waals surface area contributed by atoms with E-state index in [0.29, 0.717) is 11.7 Å². The molecule has 1 aromatic heterocycles. The molecule has 6 heteroatoms. The van der Waals surface area contributed by atoms with Gasteiger partial charge in [0.1, 0.15) is 0 Å². The van der Waals surface area contributed by atoms with Crippen molar-refractivity contribution in [3.8, 4) is 0 Å². The average Bonchev–Trinajstić information content (AvgIpc) is 3.28. The lowest BCUT2D eigenvalue weighted by Gasteiger charge is -2.25. The summed E-state index contributed by atoms with van der Waals surface area (Å²) in [6.07, 6.45) is 1.83. The highest BCUT2D eigenvalue weighted by Gasteiger charge is 2.57. The number of rotatable bonds is 5. The minimum Gasteiger partial charge on any atom is -0.353 e. The number of hydrogen-bond acceptors (Lipinski definition) is 5. The summed E-state index contributed by atoms with van der Waals surface area (Å²) in [5.74, 6) is 1.95. The van der Waals surface area contributed by atoms with Crippen LogP contribution < -0.4 is 5.32 Å². The Hall–Kier alpha value is -2.21. The van der Waals surface area contributed by atoms with Crippen molar-refractivity contribution in [3.05, 3.63) is 47.6 Å². The molecule has 3 atom stereocenters. The summed E-state index contributed by atoms with van der Waals surface area (Å²) in [6, 6.07) is 10.7. The molecule has 6 nitrogen and oxygen atoms in total. The lowest BCUT2D eigenvalue weighted by Crippen LogP contribution is -2.39. The first-order chi connectivity index (χ1) is 13.0. The second-order valence-corrected chi connectivity index (χ2v) is 8.46. The van der Waals surface area contributed by atoms with Gasteiger partial charge in [-0.1, -0.05) is 49.3 Å². The average molecular weight is 368 g/mol. The highest BCUT2D eigenvalue weighted by atomic mass is 16.5. The Kier molecular flexibility index (Phi) is 4.76. The van der Waals surface area contributed by atoms with Crippen LogP contribution in [-0.4, -0.2) is 40.1 Å². The third kappa shape index (κ3) is 3.50. The molecule has 1 amide bonds. The van der Waals surface area contributed by atoms with Crippen LogP contribution in [0.1, 0.15) is 44.0 Å². The Morgan fingerprint density at radius 3 is 2.81 bits per heavy atom. The lowest BCUT2D eigenvalue weighted by molar-refractivity contribution is -0.124. The van der Waals surface area contributed by atoms with E-state index in [0.717, 1.165) is 38.4 Å². The molecule has 144 valence electrons. The predicted octanol–water partition coefficient (Wildman–Crippen LogP) is 2.68. The normalized spacial score (nSPS) is 27.9. The van der Waals surface area contributed by atoms with Crippen LogP contribution >= 0.6 is 0 Å². The van der Waals surface area contributed by atoms with Crippen molar-refractivity contribution in [2.75, 3.05) is 13.1 Å². The van der Waals surface area contributed by atoms with Crippen LogP contribution in [-0.2, 0) is 16.8 Å². The largest absolute Gasteiger partial charge is 0.353 e. The molecule has 1 aliphatic heterocycles. The van der Waals surface area contributed by atoms with Crippen LogP contribution in [0.25, 0.3) is 0 Å². The number of nitrogens with zero attached hydrogens (tertiary/aromatic N) is 3. The van der Waals surface area contributed by atoms with Gasteiger partial charge in [-0.2, -0.15) is 4.98 Å². The van der Waals surface area contributed by atoms with Crippen molar-refractivity contribution in [2.24, 2.45) is 11.8 Å². The van der Waals surface area contributed by atoms with E-state index in [1.807, 2.05) is 26.8 Å². The van der Waals surface area contributed by atoms with Crippen LogP contribution in [0, 0.1) is 18.8 Å². The van der Waals surface area contributed by atoms with Crippen molar-refractivity contribution < 1.29 is 9.32 Å². The molecule has 2 heterocycles. The zero-order chi connectivity index (χ0) is 19.0. The van der Waals surface area contributed by atoms with Gasteiger partial charge in [0.15, 0.2) is 5.82 Å². The van der Waals surface area contributed by atoms with Crippen molar-refractivity contribution in [3.63, 3.8) is 0 Å². The van der Waals surface area contributed by atoms with E-state index in [1.165, 1.54) is 5.56 Å². The number of fused-ring (bicyclic) bond motifs is 1. The zero-order valence-electron chi connectivity index (χ0n) is 16.3. The molecule has 1 aromatic carbocycles. The number of amides is 1. The van der Waals surface area contributed by atoms with Crippen molar-refractivity contribution in [1.82, 2.24) is 20.4 Å². The summed E-state index contributed by atoms with van der Waals surface area (Å²) in [7, 11) is 0. The SMILES string of the molecule is Cc1noc(C23CC(NC(=O)C(C)C)CC2CN(Cc2ccccc2)C3)n1. The number of hydrogen-bond donors (Lipinski definition) is 1. The molecule has 2 fully saturated rings.